The van der Waals surface area contributed by atoms with Crippen molar-refractivity contribution in [2.45, 2.75) is 6.36 Å². The van der Waals surface area contributed by atoms with Gasteiger partial charge in [-0.3, -0.25) is 9.59 Å². The number of esters is 1. The van der Waals surface area contributed by atoms with E-state index in [0.29, 0.717) is 10.6 Å². The molecule has 0 atom stereocenters. The van der Waals surface area contributed by atoms with Crippen LogP contribution in [-0.4, -0.2) is 30.8 Å². The number of amides is 2. The second-order valence-electron chi connectivity index (χ2n) is 6.21. The first kappa shape index (κ1) is 22.8. The van der Waals surface area contributed by atoms with Gasteiger partial charge in [0.25, 0.3) is 11.8 Å². The van der Waals surface area contributed by atoms with Gasteiger partial charge in [0.1, 0.15) is 5.75 Å². The lowest BCUT2D eigenvalue weighted by Gasteiger charge is -2.10. The van der Waals surface area contributed by atoms with E-state index in [1.807, 2.05) is 0 Å². The Kier molecular flexibility index (Phi) is 7.11. The monoisotopic (exact) mass is 464 g/mol. The fraction of sp³-hybridized carbons (Fsp3) is 0.0952. The summed E-state index contributed by atoms with van der Waals surface area (Å²) in [7, 11) is 0. The lowest BCUT2D eigenvalue weighted by atomic mass is 10.2. The number of nitrogens with one attached hydrogen (secondary N) is 2. The Balaban J connectivity index is 1.46. The first-order valence-corrected chi connectivity index (χ1v) is 9.85. The highest BCUT2D eigenvalue weighted by atomic mass is 32.1. The molecule has 0 aliphatic rings. The Bertz CT molecular complexity index is 1080. The molecular formula is C21H15F3N2O5S. The van der Waals surface area contributed by atoms with Crippen LogP contribution in [0.3, 0.4) is 0 Å². The summed E-state index contributed by atoms with van der Waals surface area (Å²) in [5, 5.41) is 6.85. The normalized spacial score (nSPS) is 10.8. The van der Waals surface area contributed by atoms with Crippen LogP contribution in [0.25, 0.3) is 0 Å². The van der Waals surface area contributed by atoms with Crippen LogP contribution in [0.4, 0.5) is 24.5 Å². The average Bonchev–Trinajstić information content (AvgIpc) is 3.28. The van der Waals surface area contributed by atoms with Crippen LogP contribution in [0.5, 0.6) is 5.75 Å². The minimum atomic E-state index is -4.81. The number of hydrogen-bond acceptors (Lipinski definition) is 6. The summed E-state index contributed by atoms with van der Waals surface area (Å²) >= 11 is 1.30. The number of hydrogen-bond donors (Lipinski definition) is 2. The van der Waals surface area contributed by atoms with Crippen LogP contribution in [0.2, 0.25) is 0 Å². The van der Waals surface area contributed by atoms with E-state index >= 15 is 0 Å². The van der Waals surface area contributed by atoms with E-state index in [0.717, 1.165) is 12.1 Å². The van der Waals surface area contributed by atoms with Crippen LogP contribution in [-0.2, 0) is 9.53 Å². The molecule has 11 heteroatoms. The van der Waals surface area contributed by atoms with Crippen LogP contribution >= 0.6 is 11.3 Å². The van der Waals surface area contributed by atoms with E-state index in [-0.39, 0.29) is 17.2 Å². The molecular weight excluding hydrogens is 449 g/mol. The fourth-order valence-electron chi connectivity index (χ4n) is 2.44. The summed E-state index contributed by atoms with van der Waals surface area (Å²) in [6.45, 7) is -0.601. The van der Waals surface area contributed by atoms with Gasteiger partial charge in [-0.15, -0.1) is 24.5 Å². The highest BCUT2D eigenvalue weighted by Gasteiger charge is 2.31. The first-order valence-electron chi connectivity index (χ1n) is 8.97. The maximum Gasteiger partial charge on any atom is 0.573 e. The molecule has 0 radical (unpaired) electrons. The molecule has 3 aromatic rings. The summed E-state index contributed by atoms with van der Waals surface area (Å²) in [6, 6.07) is 13.8. The second-order valence-corrected chi connectivity index (χ2v) is 7.15. The van der Waals surface area contributed by atoms with Crippen LogP contribution in [0.15, 0.2) is 66.0 Å². The molecule has 7 nitrogen and oxygen atoms in total. The van der Waals surface area contributed by atoms with Crippen molar-refractivity contribution in [2.24, 2.45) is 0 Å². The molecule has 166 valence electrons. The Morgan fingerprint density at radius 1 is 0.875 bits per heavy atom. The zero-order valence-electron chi connectivity index (χ0n) is 16.1. The summed E-state index contributed by atoms with van der Waals surface area (Å²) in [4.78, 5) is 36.5. The zero-order valence-corrected chi connectivity index (χ0v) is 17.0. The van der Waals surface area contributed by atoms with Crippen molar-refractivity contribution in [1.29, 1.82) is 0 Å². The molecule has 0 fully saturated rings. The third-order valence-electron chi connectivity index (χ3n) is 3.83. The molecule has 0 spiro atoms. The molecule has 2 amide bonds. The SMILES string of the molecule is O=C(COC(=O)c1ccc(NC(=O)c2cccs2)cc1)Nc1ccc(OC(F)(F)F)cc1. The predicted molar refractivity (Wildman–Crippen MR) is 111 cm³/mol. The number of carbonyl (C=O) groups is 3. The van der Waals surface area contributed by atoms with Crippen LogP contribution in [0.1, 0.15) is 20.0 Å². The number of halogens is 3. The molecule has 32 heavy (non-hydrogen) atoms. The van der Waals surface area contributed by atoms with Crippen molar-refractivity contribution in [3.05, 3.63) is 76.5 Å². The summed E-state index contributed by atoms with van der Waals surface area (Å²) < 4.78 is 45.1. The van der Waals surface area contributed by atoms with Gasteiger partial charge in [0.15, 0.2) is 6.61 Å². The van der Waals surface area contributed by atoms with Crippen molar-refractivity contribution in [2.75, 3.05) is 17.2 Å². The number of rotatable bonds is 7. The maximum atomic E-state index is 12.1. The average molecular weight is 464 g/mol. The van der Waals surface area contributed by atoms with Crippen molar-refractivity contribution in [1.82, 2.24) is 0 Å². The zero-order chi connectivity index (χ0) is 23.1. The first-order chi connectivity index (χ1) is 15.2. The van der Waals surface area contributed by atoms with Crippen LogP contribution < -0.4 is 15.4 Å². The minimum absolute atomic E-state index is 0.167. The van der Waals surface area contributed by atoms with Gasteiger partial charge in [0.05, 0.1) is 10.4 Å². The molecule has 2 aromatic carbocycles. The largest absolute Gasteiger partial charge is 0.573 e. The molecule has 1 heterocycles. The van der Waals surface area contributed by atoms with Crippen molar-refractivity contribution in [3.8, 4) is 5.75 Å². The molecule has 0 saturated carbocycles. The fourth-order valence-corrected chi connectivity index (χ4v) is 3.06. The molecule has 2 N–H and O–H groups in total. The van der Waals surface area contributed by atoms with Crippen LogP contribution in [0, 0.1) is 0 Å². The Morgan fingerprint density at radius 2 is 1.50 bits per heavy atom. The Morgan fingerprint density at radius 3 is 2.09 bits per heavy atom. The van der Waals surface area contributed by atoms with Gasteiger partial charge < -0.3 is 20.1 Å². The number of carbonyl (C=O) groups excluding carboxylic acids is 3. The van der Waals surface area contributed by atoms with Gasteiger partial charge in [0, 0.05) is 11.4 Å². The van der Waals surface area contributed by atoms with Gasteiger partial charge in [-0.1, -0.05) is 6.07 Å². The lowest BCUT2D eigenvalue weighted by Crippen LogP contribution is -2.21. The summed E-state index contributed by atoms with van der Waals surface area (Å²) in [5.41, 5.74) is 0.850. The van der Waals surface area contributed by atoms with E-state index in [1.165, 1.54) is 47.7 Å². The van der Waals surface area contributed by atoms with E-state index < -0.39 is 30.6 Å². The maximum absolute atomic E-state index is 12.1. The molecule has 0 bridgehead atoms. The number of ether oxygens (including phenoxy) is 2. The molecule has 0 saturated heterocycles. The highest BCUT2D eigenvalue weighted by Crippen LogP contribution is 2.24. The molecule has 0 aliphatic heterocycles. The third-order valence-corrected chi connectivity index (χ3v) is 4.70. The molecule has 0 unspecified atom stereocenters. The van der Waals surface area contributed by atoms with Gasteiger partial charge in [-0.25, -0.2) is 4.79 Å². The Labute approximate surface area is 183 Å². The van der Waals surface area contributed by atoms with Crippen molar-refractivity contribution < 1.29 is 37.0 Å². The van der Waals surface area contributed by atoms with Gasteiger partial charge in [-0.05, 0) is 60.0 Å². The van der Waals surface area contributed by atoms with E-state index in [4.69, 9.17) is 4.74 Å². The number of anilines is 2. The second kappa shape index (κ2) is 9.96. The highest BCUT2D eigenvalue weighted by molar-refractivity contribution is 7.12. The van der Waals surface area contributed by atoms with Gasteiger partial charge in [-0.2, -0.15) is 0 Å². The standard InChI is InChI=1S/C21H15F3N2O5S/c22-21(23,24)31-16-9-7-14(8-10-16)25-18(27)12-30-20(29)13-3-5-15(6-4-13)26-19(28)17-2-1-11-32-17/h1-11H,12H2,(H,25,27)(H,26,28). The van der Waals surface area contributed by atoms with Crippen molar-refractivity contribution in [3.63, 3.8) is 0 Å². The third kappa shape index (κ3) is 6.84. The summed E-state index contributed by atoms with van der Waals surface area (Å²) in [6.07, 6.45) is -4.81. The van der Waals surface area contributed by atoms with Gasteiger partial charge in [0.2, 0.25) is 0 Å². The summed E-state index contributed by atoms with van der Waals surface area (Å²) in [5.74, 6) is -2.14. The topological polar surface area (TPSA) is 93.7 Å². The predicted octanol–water partition coefficient (Wildman–Crippen LogP) is 4.69. The lowest BCUT2D eigenvalue weighted by molar-refractivity contribution is -0.274. The number of benzene rings is 2. The minimum Gasteiger partial charge on any atom is -0.452 e. The Hall–Kier alpha value is -3.86. The van der Waals surface area contributed by atoms with E-state index in [2.05, 4.69) is 15.4 Å². The quantitative estimate of drug-likeness (QED) is 0.495. The van der Waals surface area contributed by atoms with E-state index in [9.17, 15) is 27.6 Å². The van der Waals surface area contributed by atoms with Crippen molar-refractivity contribution >= 4 is 40.5 Å². The van der Waals surface area contributed by atoms with Gasteiger partial charge >= 0.3 is 12.3 Å². The smallest absolute Gasteiger partial charge is 0.452 e. The molecule has 0 aliphatic carbocycles. The molecule has 3 rings (SSSR count). The number of alkyl halides is 3. The van der Waals surface area contributed by atoms with E-state index in [1.54, 1.807) is 17.5 Å². The number of thiophene rings is 1. The molecule has 1 aromatic heterocycles.